The maximum absolute atomic E-state index is 5.77. The second kappa shape index (κ2) is 7.58. The summed E-state index contributed by atoms with van der Waals surface area (Å²) in [4.78, 5) is 2.46. The largest absolute Gasteiger partial charge is 0.399 e. The minimum absolute atomic E-state index is 0.858. The zero-order chi connectivity index (χ0) is 11.8. The maximum atomic E-state index is 5.77. The first-order chi connectivity index (χ1) is 7.76. The van der Waals surface area contributed by atoms with Crippen LogP contribution in [0.2, 0.25) is 0 Å². The lowest BCUT2D eigenvalue weighted by molar-refractivity contribution is 0.298. The zero-order valence-electron chi connectivity index (χ0n) is 10.3. The standard InChI is InChI=1S/C13H22N2S/c1-3-15(8-9-16-4-2)11-12-6-5-7-13(14)10-12/h5-7,10H,3-4,8-9,11,14H2,1-2H3. The van der Waals surface area contributed by atoms with Crippen molar-refractivity contribution in [3.63, 3.8) is 0 Å². The Morgan fingerprint density at radius 3 is 2.75 bits per heavy atom. The van der Waals surface area contributed by atoms with Crippen LogP contribution < -0.4 is 5.73 Å². The summed E-state index contributed by atoms with van der Waals surface area (Å²) >= 11 is 2.00. The van der Waals surface area contributed by atoms with Gasteiger partial charge < -0.3 is 5.73 Å². The van der Waals surface area contributed by atoms with E-state index in [4.69, 9.17) is 5.73 Å². The lowest BCUT2D eigenvalue weighted by Crippen LogP contribution is -2.25. The number of rotatable bonds is 7. The molecule has 0 aliphatic heterocycles. The van der Waals surface area contributed by atoms with Crippen LogP contribution in [0.5, 0.6) is 0 Å². The van der Waals surface area contributed by atoms with Gasteiger partial charge in [-0.05, 0) is 30.0 Å². The monoisotopic (exact) mass is 238 g/mol. The highest BCUT2D eigenvalue weighted by Crippen LogP contribution is 2.10. The van der Waals surface area contributed by atoms with Crippen LogP contribution in [-0.2, 0) is 6.54 Å². The minimum Gasteiger partial charge on any atom is -0.399 e. The van der Waals surface area contributed by atoms with Gasteiger partial charge in [-0.25, -0.2) is 0 Å². The van der Waals surface area contributed by atoms with Gasteiger partial charge in [-0.3, -0.25) is 4.90 Å². The molecular weight excluding hydrogens is 216 g/mol. The molecule has 16 heavy (non-hydrogen) atoms. The summed E-state index contributed by atoms with van der Waals surface area (Å²) in [5.41, 5.74) is 7.94. The highest BCUT2D eigenvalue weighted by Gasteiger charge is 2.03. The van der Waals surface area contributed by atoms with Crippen LogP contribution in [0.1, 0.15) is 19.4 Å². The summed E-state index contributed by atoms with van der Waals surface area (Å²) in [5, 5.41) is 0. The molecule has 0 aliphatic carbocycles. The summed E-state index contributed by atoms with van der Waals surface area (Å²) in [6.45, 7) is 7.68. The molecule has 0 spiro atoms. The lowest BCUT2D eigenvalue weighted by atomic mass is 10.2. The van der Waals surface area contributed by atoms with Crippen LogP contribution in [0.15, 0.2) is 24.3 Å². The van der Waals surface area contributed by atoms with Crippen molar-refractivity contribution >= 4 is 17.4 Å². The predicted octanol–water partition coefficient (Wildman–Crippen LogP) is 2.84. The maximum Gasteiger partial charge on any atom is 0.0317 e. The Morgan fingerprint density at radius 1 is 1.31 bits per heavy atom. The van der Waals surface area contributed by atoms with Crippen molar-refractivity contribution in [3.05, 3.63) is 29.8 Å². The van der Waals surface area contributed by atoms with E-state index in [0.29, 0.717) is 0 Å². The van der Waals surface area contributed by atoms with E-state index in [2.05, 4.69) is 30.9 Å². The average molecular weight is 238 g/mol. The zero-order valence-corrected chi connectivity index (χ0v) is 11.1. The van der Waals surface area contributed by atoms with Gasteiger partial charge in [-0.2, -0.15) is 11.8 Å². The van der Waals surface area contributed by atoms with Crippen LogP contribution in [0.3, 0.4) is 0 Å². The molecule has 0 fully saturated rings. The summed E-state index contributed by atoms with van der Waals surface area (Å²) < 4.78 is 0. The van der Waals surface area contributed by atoms with Crippen molar-refractivity contribution in [2.45, 2.75) is 20.4 Å². The number of thioether (sulfide) groups is 1. The fourth-order valence-corrected chi connectivity index (χ4v) is 2.31. The Morgan fingerprint density at radius 2 is 2.12 bits per heavy atom. The van der Waals surface area contributed by atoms with Gasteiger partial charge in [-0.15, -0.1) is 0 Å². The highest BCUT2D eigenvalue weighted by molar-refractivity contribution is 7.99. The molecule has 0 amide bonds. The first kappa shape index (κ1) is 13.4. The SMILES string of the molecule is CCSCCN(CC)Cc1cccc(N)c1. The van der Waals surface area contributed by atoms with E-state index in [1.165, 1.54) is 17.1 Å². The molecule has 2 N–H and O–H groups in total. The van der Waals surface area contributed by atoms with Crippen molar-refractivity contribution in [2.75, 3.05) is 30.3 Å². The number of nitrogen functional groups attached to an aromatic ring is 1. The van der Waals surface area contributed by atoms with Gasteiger partial charge in [0.15, 0.2) is 0 Å². The number of nitrogens with zero attached hydrogens (tertiary/aromatic N) is 1. The van der Waals surface area contributed by atoms with Crippen LogP contribution in [0.25, 0.3) is 0 Å². The van der Waals surface area contributed by atoms with Gasteiger partial charge in [-0.1, -0.05) is 26.0 Å². The van der Waals surface area contributed by atoms with Crippen molar-refractivity contribution in [2.24, 2.45) is 0 Å². The Balaban J connectivity index is 2.43. The fourth-order valence-electron chi connectivity index (χ4n) is 1.64. The second-order valence-electron chi connectivity index (χ2n) is 3.81. The molecular formula is C13H22N2S. The average Bonchev–Trinajstić information content (AvgIpc) is 2.28. The second-order valence-corrected chi connectivity index (χ2v) is 5.20. The van der Waals surface area contributed by atoms with Gasteiger partial charge in [0.25, 0.3) is 0 Å². The molecule has 0 aliphatic rings. The molecule has 0 radical (unpaired) electrons. The van der Waals surface area contributed by atoms with Crippen molar-refractivity contribution in [3.8, 4) is 0 Å². The van der Waals surface area contributed by atoms with Crippen molar-refractivity contribution in [1.82, 2.24) is 4.90 Å². The first-order valence-electron chi connectivity index (χ1n) is 5.90. The number of benzene rings is 1. The molecule has 2 nitrogen and oxygen atoms in total. The van der Waals surface area contributed by atoms with E-state index in [-0.39, 0.29) is 0 Å². The van der Waals surface area contributed by atoms with Gasteiger partial charge in [0.2, 0.25) is 0 Å². The third-order valence-electron chi connectivity index (χ3n) is 2.56. The molecule has 3 heteroatoms. The van der Waals surface area contributed by atoms with E-state index < -0.39 is 0 Å². The Hall–Kier alpha value is -0.670. The number of nitrogens with two attached hydrogens (primary N) is 1. The van der Waals surface area contributed by atoms with Crippen molar-refractivity contribution < 1.29 is 0 Å². The summed E-state index contributed by atoms with van der Waals surface area (Å²) in [5.74, 6) is 2.42. The quantitative estimate of drug-likeness (QED) is 0.585. The Bertz CT molecular complexity index is 302. The third-order valence-corrected chi connectivity index (χ3v) is 3.44. The summed E-state index contributed by atoms with van der Waals surface area (Å²) in [6.07, 6.45) is 0. The molecule has 1 rings (SSSR count). The van der Waals surface area contributed by atoms with E-state index in [0.717, 1.165) is 25.3 Å². The van der Waals surface area contributed by atoms with Crippen LogP contribution in [0, 0.1) is 0 Å². The van der Waals surface area contributed by atoms with E-state index >= 15 is 0 Å². The van der Waals surface area contributed by atoms with Crippen LogP contribution >= 0.6 is 11.8 Å². The molecule has 0 unspecified atom stereocenters. The summed E-state index contributed by atoms with van der Waals surface area (Å²) in [7, 11) is 0. The number of hydrogen-bond donors (Lipinski definition) is 1. The van der Waals surface area contributed by atoms with Gasteiger partial charge >= 0.3 is 0 Å². The molecule has 0 aromatic heterocycles. The smallest absolute Gasteiger partial charge is 0.0317 e. The Labute approximate surface area is 103 Å². The van der Waals surface area contributed by atoms with Crippen LogP contribution in [0.4, 0.5) is 5.69 Å². The molecule has 0 atom stereocenters. The lowest BCUT2D eigenvalue weighted by Gasteiger charge is -2.20. The Kier molecular flexibility index (Phi) is 6.34. The fraction of sp³-hybridized carbons (Fsp3) is 0.538. The molecule has 1 aromatic carbocycles. The third kappa shape index (κ3) is 4.90. The van der Waals surface area contributed by atoms with E-state index in [1.807, 2.05) is 23.9 Å². The molecule has 90 valence electrons. The van der Waals surface area contributed by atoms with Crippen LogP contribution in [-0.4, -0.2) is 29.5 Å². The summed E-state index contributed by atoms with van der Waals surface area (Å²) in [6, 6.07) is 8.17. The number of hydrogen-bond acceptors (Lipinski definition) is 3. The van der Waals surface area contributed by atoms with E-state index in [1.54, 1.807) is 0 Å². The first-order valence-corrected chi connectivity index (χ1v) is 7.06. The van der Waals surface area contributed by atoms with E-state index in [9.17, 15) is 0 Å². The highest BCUT2D eigenvalue weighted by atomic mass is 32.2. The molecule has 1 aromatic rings. The number of anilines is 1. The molecule has 0 saturated heterocycles. The van der Waals surface area contributed by atoms with Gasteiger partial charge in [0.05, 0.1) is 0 Å². The van der Waals surface area contributed by atoms with Crippen molar-refractivity contribution in [1.29, 1.82) is 0 Å². The molecule has 0 saturated carbocycles. The molecule has 0 heterocycles. The van der Waals surface area contributed by atoms with Gasteiger partial charge in [0, 0.05) is 24.5 Å². The molecule has 0 bridgehead atoms. The normalized spacial score (nSPS) is 10.9. The predicted molar refractivity (Wildman–Crippen MR) is 74.8 cm³/mol. The van der Waals surface area contributed by atoms with Gasteiger partial charge in [0.1, 0.15) is 0 Å². The minimum atomic E-state index is 0.858. The topological polar surface area (TPSA) is 29.3 Å².